The van der Waals surface area contributed by atoms with Gasteiger partial charge in [-0.1, -0.05) is 0 Å². The number of hydrogen-bond acceptors (Lipinski definition) is 4. The van der Waals surface area contributed by atoms with E-state index in [1.54, 1.807) is 6.20 Å². The van der Waals surface area contributed by atoms with Gasteiger partial charge in [0.05, 0.1) is 17.3 Å². The van der Waals surface area contributed by atoms with Gasteiger partial charge in [0, 0.05) is 17.3 Å². The average molecular weight is 250 g/mol. The topological polar surface area (TPSA) is 70.7 Å². The lowest BCUT2D eigenvalue weighted by atomic mass is 10.1. The number of nitrogens with one attached hydrogen (secondary N) is 2. The number of thiazole rings is 1. The molecular formula is C11H14N4OS. The van der Waals surface area contributed by atoms with Crippen LogP contribution in [0.1, 0.15) is 34.9 Å². The summed E-state index contributed by atoms with van der Waals surface area (Å²) in [5.74, 6) is -0.142. The van der Waals surface area contributed by atoms with Crippen LogP contribution in [0.3, 0.4) is 0 Å². The number of carbonyl (C=O) groups excluding carboxylic acids is 1. The van der Waals surface area contributed by atoms with E-state index in [1.165, 1.54) is 17.5 Å². The van der Waals surface area contributed by atoms with Crippen molar-refractivity contribution < 1.29 is 4.79 Å². The number of rotatable bonds is 3. The van der Waals surface area contributed by atoms with Crippen LogP contribution in [0, 0.1) is 6.92 Å². The van der Waals surface area contributed by atoms with Crippen LogP contribution in [-0.2, 0) is 5.54 Å². The monoisotopic (exact) mass is 250 g/mol. The van der Waals surface area contributed by atoms with Gasteiger partial charge in [-0.3, -0.25) is 9.89 Å². The van der Waals surface area contributed by atoms with Crippen LogP contribution < -0.4 is 5.32 Å². The summed E-state index contributed by atoms with van der Waals surface area (Å²) in [4.78, 5) is 16.3. The van der Waals surface area contributed by atoms with Crippen molar-refractivity contribution in [2.75, 3.05) is 0 Å². The Morgan fingerprint density at radius 3 is 2.82 bits per heavy atom. The maximum Gasteiger partial charge on any atom is 0.255 e. The third kappa shape index (κ3) is 2.36. The zero-order valence-electron chi connectivity index (χ0n) is 9.94. The number of carbonyl (C=O) groups is 1. The molecule has 2 rings (SSSR count). The number of H-pyrrole nitrogens is 1. The SMILES string of the molecule is Cc1[nH]ncc1C(=O)NC(C)(C)c1nccs1. The quantitative estimate of drug-likeness (QED) is 0.873. The van der Waals surface area contributed by atoms with E-state index in [0.29, 0.717) is 5.56 Å². The molecule has 2 aromatic heterocycles. The number of nitrogens with zero attached hydrogens (tertiary/aromatic N) is 2. The van der Waals surface area contributed by atoms with E-state index >= 15 is 0 Å². The van der Waals surface area contributed by atoms with Crippen molar-refractivity contribution in [2.45, 2.75) is 26.3 Å². The second-order valence-electron chi connectivity index (χ2n) is 4.33. The first kappa shape index (κ1) is 11.8. The number of amides is 1. The lowest BCUT2D eigenvalue weighted by molar-refractivity contribution is 0.0911. The minimum absolute atomic E-state index is 0.142. The predicted molar refractivity (Wildman–Crippen MR) is 65.9 cm³/mol. The molecule has 2 heterocycles. The van der Waals surface area contributed by atoms with Gasteiger partial charge in [-0.25, -0.2) is 4.98 Å². The molecule has 0 bridgehead atoms. The Hall–Kier alpha value is -1.69. The third-order valence-electron chi connectivity index (χ3n) is 2.47. The van der Waals surface area contributed by atoms with E-state index in [0.717, 1.165) is 10.7 Å². The maximum absolute atomic E-state index is 12.0. The summed E-state index contributed by atoms with van der Waals surface area (Å²) >= 11 is 1.52. The van der Waals surface area contributed by atoms with Gasteiger partial charge in [-0.2, -0.15) is 5.10 Å². The molecule has 0 saturated carbocycles. The van der Waals surface area contributed by atoms with Gasteiger partial charge in [0.15, 0.2) is 0 Å². The van der Waals surface area contributed by atoms with Crippen molar-refractivity contribution in [3.63, 3.8) is 0 Å². The summed E-state index contributed by atoms with van der Waals surface area (Å²) in [7, 11) is 0. The molecule has 2 aromatic rings. The highest BCUT2D eigenvalue weighted by Crippen LogP contribution is 2.22. The maximum atomic E-state index is 12.0. The van der Waals surface area contributed by atoms with Crippen LogP contribution in [0.2, 0.25) is 0 Å². The number of hydrogen-bond donors (Lipinski definition) is 2. The molecule has 0 atom stereocenters. The molecular weight excluding hydrogens is 236 g/mol. The summed E-state index contributed by atoms with van der Waals surface area (Å²) in [6.07, 6.45) is 3.26. The summed E-state index contributed by atoms with van der Waals surface area (Å²) in [6.45, 7) is 5.68. The first-order valence-corrected chi connectivity index (χ1v) is 6.11. The zero-order valence-corrected chi connectivity index (χ0v) is 10.8. The third-order valence-corrected chi connectivity index (χ3v) is 3.56. The molecule has 90 valence electrons. The minimum Gasteiger partial charge on any atom is -0.341 e. The molecule has 0 unspecified atom stereocenters. The lowest BCUT2D eigenvalue weighted by Gasteiger charge is -2.23. The van der Waals surface area contributed by atoms with Crippen molar-refractivity contribution in [3.05, 3.63) is 34.0 Å². The highest BCUT2D eigenvalue weighted by Gasteiger charge is 2.26. The van der Waals surface area contributed by atoms with Gasteiger partial charge in [0.25, 0.3) is 5.91 Å². The first-order valence-electron chi connectivity index (χ1n) is 5.23. The Kier molecular flexibility index (Phi) is 2.97. The molecule has 0 aliphatic carbocycles. The van der Waals surface area contributed by atoms with Crippen molar-refractivity contribution in [1.82, 2.24) is 20.5 Å². The molecule has 5 nitrogen and oxygen atoms in total. The van der Waals surface area contributed by atoms with E-state index in [9.17, 15) is 4.79 Å². The van der Waals surface area contributed by atoms with Crippen LogP contribution in [0.4, 0.5) is 0 Å². The summed E-state index contributed by atoms with van der Waals surface area (Å²) in [5.41, 5.74) is 0.849. The Morgan fingerprint density at radius 1 is 1.53 bits per heavy atom. The molecule has 17 heavy (non-hydrogen) atoms. The molecule has 6 heteroatoms. The Bertz CT molecular complexity index is 515. The summed E-state index contributed by atoms with van der Waals surface area (Å²) in [5, 5.41) is 12.3. The van der Waals surface area contributed by atoms with Crippen molar-refractivity contribution in [3.8, 4) is 0 Å². The molecule has 0 radical (unpaired) electrons. The van der Waals surface area contributed by atoms with E-state index < -0.39 is 5.54 Å². The van der Waals surface area contributed by atoms with Gasteiger partial charge in [-0.15, -0.1) is 11.3 Å². The summed E-state index contributed by atoms with van der Waals surface area (Å²) < 4.78 is 0. The Balaban J connectivity index is 2.17. The fourth-order valence-electron chi connectivity index (χ4n) is 1.52. The van der Waals surface area contributed by atoms with Crippen LogP contribution >= 0.6 is 11.3 Å². The van der Waals surface area contributed by atoms with E-state index in [2.05, 4.69) is 20.5 Å². The normalized spacial score (nSPS) is 11.5. The number of aromatic nitrogens is 3. The van der Waals surface area contributed by atoms with E-state index in [4.69, 9.17) is 0 Å². The van der Waals surface area contributed by atoms with E-state index in [1.807, 2.05) is 26.2 Å². The zero-order chi connectivity index (χ0) is 12.5. The second-order valence-corrected chi connectivity index (χ2v) is 5.22. The fourth-order valence-corrected chi connectivity index (χ4v) is 2.23. The van der Waals surface area contributed by atoms with Gasteiger partial charge < -0.3 is 5.32 Å². The van der Waals surface area contributed by atoms with Gasteiger partial charge in [-0.05, 0) is 20.8 Å². The van der Waals surface area contributed by atoms with Crippen LogP contribution in [0.5, 0.6) is 0 Å². The van der Waals surface area contributed by atoms with Gasteiger partial charge >= 0.3 is 0 Å². The molecule has 0 fully saturated rings. The summed E-state index contributed by atoms with van der Waals surface area (Å²) in [6, 6.07) is 0. The average Bonchev–Trinajstić information content (AvgIpc) is 2.85. The smallest absolute Gasteiger partial charge is 0.255 e. The second kappa shape index (κ2) is 4.29. The molecule has 0 aliphatic heterocycles. The van der Waals surface area contributed by atoms with Crippen LogP contribution in [-0.4, -0.2) is 21.1 Å². The van der Waals surface area contributed by atoms with Crippen molar-refractivity contribution >= 4 is 17.2 Å². The van der Waals surface area contributed by atoms with Crippen molar-refractivity contribution in [1.29, 1.82) is 0 Å². The number of aryl methyl sites for hydroxylation is 1. The molecule has 0 spiro atoms. The molecule has 0 aliphatic rings. The highest BCUT2D eigenvalue weighted by atomic mass is 32.1. The Labute approximate surface area is 103 Å². The fraction of sp³-hybridized carbons (Fsp3) is 0.364. The molecule has 2 N–H and O–H groups in total. The largest absolute Gasteiger partial charge is 0.341 e. The predicted octanol–water partition coefficient (Wildman–Crippen LogP) is 1.84. The number of aromatic amines is 1. The minimum atomic E-state index is -0.477. The molecule has 0 saturated heterocycles. The standard InChI is InChI=1S/C11H14N4OS/c1-7-8(6-13-15-7)9(16)14-11(2,3)10-12-4-5-17-10/h4-6H,1-3H3,(H,13,15)(H,14,16). The van der Waals surface area contributed by atoms with Gasteiger partial charge in [0.1, 0.15) is 5.01 Å². The van der Waals surface area contributed by atoms with Crippen molar-refractivity contribution in [2.24, 2.45) is 0 Å². The van der Waals surface area contributed by atoms with Crippen LogP contribution in [0.15, 0.2) is 17.8 Å². The Morgan fingerprint density at radius 2 is 2.29 bits per heavy atom. The molecule has 0 aromatic carbocycles. The van der Waals surface area contributed by atoms with Gasteiger partial charge in [0.2, 0.25) is 0 Å². The first-order chi connectivity index (χ1) is 8.00. The lowest BCUT2D eigenvalue weighted by Crippen LogP contribution is -2.41. The van der Waals surface area contributed by atoms with Crippen LogP contribution in [0.25, 0.3) is 0 Å². The highest BCUT2D eigenvalue weighted by molar-refractivity contribution is 7.09. The molecule has 1 amide bonds. The van der Waals surface area contributed by atoms with E-state index in [-0.39, 0.29) is 5.91 Å².